The molecule has 0 saturated carbocycles. The van der Waals surface area contributed by atoms with Crippen molar-refractivity contribution in [1.82, 2.24) is 10.2 Å². The molecule has 2 heteroatoms. The molecule has 2 nitrogen and oxygen atoms in total. The quantitative estimate of drug-likeness (QED) is 0.817. The van der Waals surface area contributed by atoms with Crippen molar-refractivity contribution in [2.24, 2.45) is 0 Å². The van der Waals surface area contributed by atoms with Crippen LogP contribution >= 0.6 is 0 Å². The molecule has 0 spiro atoms. The topological polar surface area (TPSA) is 15.3 Å². The first-order valence-corrected chi connectivity index (χ1v) is 6.41. The number of hydrogen-bond acceptors (Lipinski definition) is 2. The van der Waals surface area contributed by atoms with Gasteiger partial charge < -0.3 is 0 Å². The molecule has 0 fully saturated rings. The fraction of sp³-hybridized carbons (Fsp3) is 0.188. The molecule has 1 N–H and O–H groups in total. The van der Waals surface area contributed by atoms with E-state index in [4.69, 9.17) is 0 Å². The Labute approximate surface area is 107 Å². The maximum Gasteiger partial charge on any atom is 0.0875 e. The average molecular weight is 235 g/mol. The Hall–Kier alpha value is -1.64. The van der Waals surface area contributed by atoms with Gasteiger partial charge in [0.25, 0.3) is 0 Å². The van der Waals surface area contributed by atoms with Crippen LogP contribution in [0.15, 0.2) is 48.5 Å². The summed E-state index contributed by atoms with van der Waals surface area (Å²) in [5.74, 6) is 0. The van der Waals surface area contributed by atoms with Crippen molar-refractivity contribution in [2.45, 2.75) is 19.3 Å². The van der Waals surface area contributed by atoms with Crippen molar-refractivity contribution in [3.8, 4) is 0 Å². The predicted octanol–water partition coefficient (Wildman–Crippen LogP) is 2.81. The van der Waals surface area contributed by atoms with Crippen LogP contribution in [0.2, 0.25) is 0 Å². The summed E-state index contributed by atoms with van der Waals surface area (Å²) < 4.78 is 0. The summed E-state index contributed by atoms with van der Waals surface area (Å²) in [6, 6.07) is 17.3. The van der Waals surface area contributed by atoms with Crippen molar-refractivity contribution in [3.05, 3.63) is 77.3 Å². The minimum Gasteiger partial charge on any atom is -0.294 e. The molecular weight excluding hydrogens is 220 g/mol. The summed E-state index contributed by atoms with van der Waals surface area (Å²) in [5.41, 5.74) is 5.61. The monoisotopic (exact) mass is 235 g/mol. The summed E-state index contributed by atoms with van der Waals surface area (Å²) >= 11 is 0. The van der Waals surface area contributed by atoms with Gasteiger partial charge in [-0.25, -0.2) is 0 Å². The van der Waals surface area contributed by atoms with Gasteiger partial charge in [0.1, 0.15) is 0 Å². The Morgan fingerprint density at radius 2 is 1.72 bits per heavy atom. The Bertz CT molecular complexity index is 566. The molecular formula is C16H15N2. The van der Waals surface area contributed by atoms with Crippen LogP contribution in [0.1, 0.15) is 28.4 Å². The maximum absolute atomic E-state index is 3.59. The first-order valence-electron chi connectivity index (χ1n) is 6.41. The van der Waals surface area contributed by atoms with Gasteiger partial charge in [-0.1, -0.05) is 48.5 Å². The second-order valence-corrected chi connectivity index (χ2v) is 4.98. The lowest BCUT2D eigenvalue weighted by atomic mass is 10.1. The van der Waals surface area contributed by atoms with E-state index in [2.05, 4.69) is 65.3 Å². The summed E-state index contributed by atoms with van der Waals surface area (Å²) in [7, 11) is 0. The molecule has 2 aromatic carbocycles. The van der Waals surface area contributed by atoms with Gasteiger partial charge >= 0.3 is 0 Å². The van der Waals surface area contributed by atoms with Gasteiger partial charge in [-0.15, -0.1) is 0 Å². The van der Waals surface area contributed by atoms with Crippen LogP contribution in [-0.4, -0.2) is 4.90 Å². The summed E-state index contributed by atoms with van der Waals surface area (Å²) in [6.07, 6.45) is 0.327. The highest BCUT2D eigenvalue weighted by atomic mass is 15.3. The molecule has 89 valence electrons. The molecule has 0 saturated heterocycles. The first kappa shape index (κ1) is 10.3. The van der Waals surface area contributed by atoms with E-state index in [1.165, 1.54) is 22.3 Å². The number of nitrogens with zero attached hydrogens (tertiary/aromatic N) is 1. The minimum absolute atomic E-state index is 0.327. The maximum atomic E-state index is 3.59. The second kappa shape index (κ2) is 3.94. The number of hydrogen-bond donors (Lipinski definition) is 1. The van der Waals surface area contributed by atoms with Crippen LogP contribution in [0.3, 0.4) is 0 Å². The van der Waals surface area contributed by atoms with Gasteiger partial charge in [0.2, 0.25) is 0 Å². The van der Waals surface area contributed by atoms with Crippen molar-refractivity contribution in [3.63, 3.8) is 0 Å². The zero-order valence-electron chi connectivity index (χ0n) is 10.1. The highest BCUT2D eigenvalue weighted by Crippen LogP contribution is 2.35. The Morgan fingerprint density at radius 3 is 2.61 bits per heavy atom. The van der Waals surface area contributed by atoms with E-state index >= 15 is 0 Å². The van der Waals surface area contributed by atoms with E-state index in [9.17, 15) is 0 Å². The average Bonchev–Trinajstić information content (AvgIpc) is 3.02. The molecule has 1 atom stereocenters. The molecule has 0 aromatic heterocycles. The molecule has 2 heterocycles. The standard InChI is InChI=1S/C16H15N2/c1-2-7-14-11-18(10-13(14)6-1)16-15-8-4-3-5-12(15)9-17-16/h1-8,10,16-17H,9,11H2. The van der Waals surface area contributed by atoms with Gasteiger partial charge in [0.05, 0.1) is 12.7 Å². The number of benzene rings is 2. The lowest BCUT2D eigenvalue weighted by molar-refractivity contribution is 0.234. The van der Waals surface area contributed by atoms with Crippen LogP contribution < -0.4 is 5.32 Å². The van der Waals surface area contributed by atoms with Crippen LogP contribution in [-0.2, 0) is 13.1 Å². The van der Waals surface area contributed by atoms with E-state index in [0.29, 0.717) is 6.17 Å². The molecule has 4 rings (SSSR count). The van der Waals surface area contributed by atoms with Gasteiger partial charge in [-0.3, -0.25) is 10.2 Å². The fourth-order valence-corrected chi connectivity index (χ4v) is 2.97. The molecule has 2 aromatic rings. The largest absolute Gasteiger partial charge is 0.294 e. The highest BCUT2D eigenvalue weighted by Gasteiger charge is 2.31. The van der Waals surface area contributed by atoms with Gasteiger partial charge in [-0.05, 0) is 22.3 Å². The lowest BCUT2D eigenvalue weighted by Crippen LogP contribution is -2.29. The van der Waals surface area contributed by atoms with Crippen molar-refractivity contribution >= 4 is 0 Å². The Morgan fingerprint density at radius 1 is 0.944 bits per heavy atom. The van der Waals surface area contributed by atoms with Crippen LogP contribution in [0.25, 0.3) is 0 Å². The molecule has 2 aliphatic heterocycles. The van der Waals surface area contributed by atoms with Gasteiger partial charge in [-0.2, -0.15) is 0 Å². The van der Waals surface area contributed by atoms with Crippen molar-refractivity contribution in [1.29, 1.82) is 0 Å². The van der Waals surface area contributed by atoms with Crippen molar-refractivity contribution < 1.29 is 0 Å². The second-order valence-electron chi connectivity index (χ2n) is 4.98. The zero-order chi connectivity index (χ0) is 11.9. The third-order valence-electron chi connectivity index (χ3n) is 3.88. The molecule has 2 aliphatic rings. The number of nitrogens with one attached hydrogen (secondary N) is 1. The van der Waals surface area contributed by atoms with E-state index in [1.807, 2.05) is 0 Å². The van der Waals surface area contributed by atoms with E-state index in [1.54, 1.807) is 0 Å². The summed E-state index contributed by atoms with van der Waals surface area (Å²) in [4.78, 5) is 2.40. The third kappa shape index (κ3) is 1.50. The Balaban J connectivity index is 1.65. The van der Waals surface area contributed by atoms with Crippen LogP contribution in [0.4, 0.5) is 0 Å². The van der Waals surface area contributed by atoms with E-state index in [0.717, 1.165) is 13.1 Å². The summed E-state index contributed by atoms with van der Waals surface area (Å²) in [5, 5.41) is 3.59. The Kier molecular flexibility index (Phi) is 2.25. The SMILES string of the molecule is [CH]1c2ccccc2CN1C1NCc2ccccc21. The van der Waals surface area contributed by atoms with E-state index in [-0.39, 0.29) is 0 Å². The van der Waals surface area contributed by atoms with Crippen LogP contribution in [0.5, 0.6) is 0 Å². The van der Waals surface area contributed by atoms with E-state index < -0.39 is 0 Å². The molecule has 0 amide bonds. The predicted molar refractivity (Wildman–Crippen MR) is 71.4 cm³/mol. The minimum atomic E-state index is 0.327. The lowest BCUT2D eigenvalue weighted by Gasteiger charge is -2.24. The van der Waals surface area contributed by atoms with Crippen LogP contribution in [0, 0.1) is 6.54 Å². The molecule has 18 heavy (non-hydrogen) atoms. The zero-order valence-corrected chi connectivity index (χ0v) is 10.1. The molecule has 1 unspecified atom stereocenters. The molecule has 1 radical (unpaired) electrons. The highest BCUT2D eigenvalue weighted by molar-refractivity contribution is 5.40. The first-order chi connectivity index (χ1) is 8.92. The van der Waals surface area contributed by atoms with Gasteiger partial charge in [0.15, 0.2) is 0 Å². The molecule has 0 aliphatic carbocycles. The smallest absolute Gasteiger partial charge is 0.0875 e. The van der Waals surface area contributed by atoms with Crippen molar-refractivity contribution in [2.75, 3.05) is 0 Å². The number of fused-ring (bicyclic) bond motifs is 2. The number of rotatable bonds is 1. The normalized spacial score (nSPS) is 21.9. The third-order valence-corrected chi connectivity index (χ3v) is 3.88. The molecule has 0 bridgehead atoms. The summed E-state index contributed by atoms with van der Waals surface area (Å²) in [6.45, 7) is 4.25. The fourth-order valence-electron chi connectivity index (χ4n) is 2.97. The van der Waals surface area contributed by atoms with Gasteiger partial charge in [0, 0.05) is 13.1 Å².